The number of hydrogen-bond acceptors (Lipinski definition) is 3. The lowest BCUT2D eigenvalue weighted by Gasteiger charge is -2.17. The molecule has 1 rings (SSSR count). The first-order valence-corrected chi connectivity index (χ1v) is 4.27. The molecule has 0 saturated heterocycles. The van der Waals surface area contributed by atoms with Gasteiger partial charge < -0.3 is 9.68 Å². The molecule has 1 aromatic carbocycles. The fraction of sp³-hybridized carbons (Fsp3) is 0.364. The van der Waals surface area contributed by atoms with E-state index in [-0.39, 0.29) is 5.60 Å². The van der Waals surface area contributed by atoms with Crippen LogP contribution in [0, 0.1) is 0 Å². The summed E-state index contributed by atoms with van der Waals surface area (Å²) < 4.78 is 0. The number of hydrogen-bond donors (Lipinski definition) is 0. The highest BCUT2D eigenvalue weighted by Gasteiger charge is 2.11. The first-order valence-electron chi connectivity index (χ1n) is 4.27. The van der Waals surface area contributed by atoms with Crippen molar-refractivity contribution in [2.45, 2.75) is 26.4 Å². The van der Waals surface area contributed by atoms with E-state index in [0.29, 0.717) is 0 Å². The third-order valence-corrected chi connectivity index (χ3v) is 1.13. The Kier molecular flexibility index (Phi) is 5.56. The molecule has 0 bridgehead atoms. The van der Waals surface area contributed by atoms with Crippen molar-refractivity contribution in [1.82, 2.24) is 0 Å². The molecular formula is C11H16O3. The van der Waals surface area contributed by atoms with Crippen LogP contribution in [0.3, 0.4) is 0 Å². The highest BCUT2D eigenvalue weighted by Crippen LogP contribution is 2.13. The Morgan fingerprint density at radius 3 is 2.00 bits per heavy atom. The fourth-order valence-corrected chi connectivity index (χ4v) is 0.649. The third kappa shape index (κ3) is 6.20. The molecule has 0 heterocycles. The van der Waals surface area contributed by atoms with Crippen LogP contribution in [0.4, 0.5) is 0 Å². The minimum atomic E-state index is -0.268. The van der Waals surface area contributed by atoms with Gasteiger partial charge in [-0.1, -0.05) is 18.2 Å². The van der Waals surface area contributed by atoms with E-state index in [1.165, 1.54) is 0 Å². The predicted molar refractivity (Wildman–Crippen MR) is 55.0 cm³/mol. The predicted octanol–water partition coefficient (Wildman–Crippen LogP) is 2.61. The van der Waals surface area contributed by atoms with Crippen molar-refractivity contribution in [1.29, 1.82) is 0 Å². The molecule has 0 radical (unpaired) electrons. The number of carbonyl (C=O) groups is 1. The molecule has 0 aliphatic heterocycles. The molecule has 0 aliphatic rings. The van der Waals surface area contributed by atoms with Crippen LogP contribution in [-0.2, 0) is 9.68 Å². The monoisotopic (exact) mass is 196 g/mol. The molecule has 14 heavy (non-hydrogen) atoms. The van der Waals surface area contributed by atoms with E-state index in [1.54, 1.807) is 0 Å². The van der Waals surface area contributed by atoms with Gasteiger partial charge in [0.2, 0.25) is 0 Å². The standard InChI is InChI=1S/C10H14O2.CH2O/c1-10(2,3)12-11-9-7-5-4-6-8-9;1-2/h4-8H,1-3H3;1H2. The summed E-state index contributed by atoms with van der Waals surface area (Å²) in [5, 5.41) is 0. The zero-order valence-corrected chi connectivity index (χ0v) is 8.82. The van der Waals surface area contributed by atoms with Crippen molar-refractivity contribution in [3.63, 3.8) is 0 Å². The Hall–Kier alpha value is -1.35. The Morgan fingerprint density at radius 1 is 1.07 bits per heavy atom. The van der Waals surface area contributed by atoms with Gasteiger partial charge in [-0.05, 0) is 32.9 Å². The minimum absolute atomic E-state index is 0.268. The zero-order valence-electron chi connectivity index (χ0n) is 8.82. The maximum atomic E-state index is 8.00. The van der Waals surface area contributed by atoms with Gasteiger partial charge in [-0.2, -0.15) is 4.89 Å². The van der Waals surface area contributed by atoms with E-state index in [2.05, 4.69) is 0 Å². The van der Waals surface area contributed by atoms with E-state index in [9.17, 15) is 0 Å². The van der Waals surface area contributed by atoms with Crippen LogP contribution >= 0.6 is 0 Å². The molecule has 0 fully saturated rings. The summed E-state index contributed by atoms with van der Waals surface area (Å²) in [7, 11) is 0. The van der Waals surface area contributed by atoms with Gasteiger partial charge in [-0.25, -0.2) is 0 Å². The van der Waals surface area contributed by atoms with Gasteiger partial charge >= 0.3 is 0 Å². The summed E-state index contributed by atoms with van der Waals surface area (Å²) in [6.45, 7) is 7.82. The maximum absolute atomic E-state index is 8.00. The highest BCUT2D eigenvalue weighted by molar-refractivity contribution is 5.20. The van der Waals surface area contributed by atoms with Crippen LogP contribution < -0.4 is 4.89 Å². The summed E-state index contributed by atoms with van der Waals surface area (Å²) in [6.07, 6.45) is 0. The lowest BCUT2D eigenvalue weighted by molar-refractivity contribution is -0.274. The maximum Gasteiger partial charge on any atom is 0.165 e. The van der Waals surface area contributed by atoms with Crippen molar-refractivity contribution in [2.24, 2.45) is 0 Å². The molecule has 0 N–H and O–H groups in total. The van der Waals surface area contributed by atoms with Gasteiger partial charge in [0, 0.05) is 0 Å². The molecule has 0 atom stereocenters. The van der Waals surface area contributed by atoms with Crippen molar-refractivity contribution < 1.29 is 14.6 Å². The summed E-state index contributed by atoms with van der Waals surface area (Å²) in [4.78, 5) is 18.2. The summed E-state index contributed by atoms with van der Waals surface area (Å²) in [5.41, 5.74) is -0.268. The van der Waals surface area contributed by atoms with Crippen LogP contribution in [0.5, 0.6) is 5.75 Å². The Morgan fingerprint density at radius 2 is 1.57 bits per heavy atom. The molecule has 0 aliphatic carbocycles. The lowest BCUT2D eigenvalue weighted by atomic mass is 10.2. The second kappa shape index (κ2) is 6.16. The normalized spacial score (nSPS) is 9.93. The second-order valence-electron chi connectivity index (χ2n) is 3.59. The quantitative estimate of drug-likeness (QED) is 0.538. The van der Waals surface area contributed by atoms with Gasteiger partial charge in [0.1, 0.15) is 12.4 Å². The Balaban J connectivity index is 0.000000791. The highest BCUT2D eigenvalue weighted by atomic mass is 17.2. The first-order chi connectivity index (χ1) is 6.58. The average Bonchev–Trinajstić information content (AvgIpc) is 2.19. The SMILES string of the molecule is C=O.CC(C)(C)OOc1ccccc1. The molecule has 3 nitrogen and oxygen atoms in total. The smallest absolute Gasteiger partial charge is 0.165 e. The van der Waals surface area contributed by atoms with Crippen LogP contribution in [0.15, 0.2) is 30.3 Å². The van der Waals surface area contributed by atoms with E-state index >= 15 is 0 Å². The number of benzene rings is 1. The third-order valence-electron chi connectivity index (χ3n) is 1.13. The minimum Gasteiger partial charge on any atom is -0.337 e. The van der Waals surface area contributed by atoms with Crippen LogP contribution in [0.1, 0.15) is 20.8 Å². The summed E-state index contributed by atoms with van der Waals surface area (Å²) in [6, 6.07) is 9.45. The van der Waals surface area contributed by atoms with Crippen LogP contribution in [-0.4, -0.2) is 12.4 Å². The molecule has 0 saturated carbocycles. The van der Waals surface area contributed by atoms with Gasteiger partial charge in [-0.3, -0.25) is 0 Å². The van der Waals surface area contributed by atoms with E-state index in [0.717, 1.165) is 5.75 Å². The topological polar surface area (TPSA) is 35.5 Å². The lowest BCUT2D eigenvalue weighted by Crippen LogP contribution is -2.21. The fourth-order valence-electron chi connectivity index (χ4n) is 0.649. The van der Waals surface area contributed by atoms with Crippen molar-refractivity contribution >= 4 is 6.79 Å². The largest absolute Gasteiger partial charge is 0.337 e. The molecule has 0 aromatic heterocycles. The van der Waals surface area contributed by atoms with E-state index in [4.69, 9.17) is 14.6 Å². The number of rotatable bonds is 2. The molecule has 0 spiro atoms. The second-order valence-corrected chi connectivity index (χ2v) is 3.59. The summed E-state index contributed by atoms with van der Waals surface area (Å²) >= 11 is 0. The van der Waals surface area contributed by atoms with Gasteiger partial charge in [0.15, 0.2) is 5.75 Å². The molecule has 3 heteroatoms. The zero-order chi connectivity index (χ0) is 11.0. The molecule has 0 unspecified atom stereocenters. The number of carbonyl (C=O) groups excluding carboxylic acids is 1. The van der Waals surface area contributed by atoms with Gasteiger partial charge in [0.25, 0.3) is 0 Å². The Labute approximate surface area is 84.6 Å². The summed E-state index contributed by atoms with van der Waals surface area (Å²) in [5.74, 6) is 0.729. The molecular weight excluding hydrogens is 180 g/mol. The Bertz CT molecular complexity index is 238. The molecule has 0 amide bonds. The first kappa shape index (κ1) is 12.7. The number of para-hydroxylation sites is 1. The van der Waals surface area contributed by atoms with Crippen molar-refractivity contribution in [3.8, 4) is 5.75 Å². The van der Waals surface area contributed by atoms with E-state index in [1.807, 2.05) is 57.9 Å². The van der Waals surface area contributed by atoms with Crippen LogP contribution in [0.2, 0.25) is 0 Å². The molecule has 78 valence electrons. The van der Waals surface area contributed by atoms with Gasteiger partial charge in [-0.15, -0.1) is 0 Å². The van der Waals surface area contributed by atoms with Crippen molar-refractivity contribution in [2.75, 3.05) is 0 Å². The van der Waals surface area contributed by atoms with Gasteiger partial charge in [0.05, 0.1) is 0 Å². The van der Waals surface area contributed by atoms with Crippen molar-refractivity contribution in [3.05, 3.63) is 30.3 Å². The molecule has 1 aromatic rings. The van der Waals surface area contributed by atoms with Crippen LogP contribution in [0.25, 0.3) is 0 Å². The van der Waals surface area contributed by atoms with E-state index < -0.39 is 0 Å². The average molecular weight is 196 g/mol.